The van der Waals surface area contributed by atoms with Crippen molar-refractivity contribution in [3.05, 3.63) is 67.1 Å². The third kappa shape index (κ3) is 3.72. The van der Waals surface area contributed by atoms with Crippen molar-refractivity contribution in [3.8, 4) is 6.07 Å². The van der Waals surface area contributed by atoms with Crippen molar-refractivity contribution in [3.63, 3.8) is 0 Å². The Morgan fingerprint density at radius 2 is 2.10 bits per heavy atom. The summed E-state index contributed by atoms with van der Waals surface area (Å²) in [4.78, 5) is 10.2. The van der Waals surface area contributed by atoms with Gasteiger partial charge in [-0.3, -0.25) is 10.1 Å². The van der Waals surface area contributed by atoms with Gasteiger partial charge in [-0.25, -0.2) is 0 Å². The van der Waals surface area contributed by atoms with Crippen LogP contribution in [0.2, 0.25) is 5.02 Å². The number of nitrogens with one attached hydrogen (secondary N) is 1. The van der Waals surface area contributed by atoms with Gasteiger partial charge in [0.1, 0.15) is 6.07 Å². The minimum absolute atomic E-state index is 0.110. The average Bonchev–Trinajstić information content (AvgIpc) is 2.47. The standard InChI is InChI=1S/C14H9BrClN3O2/c15-13-3-1-11(16)5-10(13)8-18-14-4-2-12(19(20)21)6-9(14)7-17/h1-6,18H,8H2. The number of non-ortho nitro benzene ring substituents is 1. The first-order chi connectivity index (χ1) is 10.0. The lowest BCUT2D eigenvalue weighted by molar-refractivity contribution is -0.384. The lowest BCUT2D eigenvalue weighted by Crippen LogP contribution is -2.02. The summed E-state index contributed by atoms with van der Waals surface area (Å²) in [7, 11) is 0. The first-order valence-corrected chi connectivity index (χ1v) is 7.04. The van der Waals surface area contributed by atoms with Crippen molar-refractivity contribution in [2.75, 3.05) is 5.32 Å². The van der Waals surface area contributed by atoms with E-state index in [1.54, 1.807) is 12.1 Å². The Hall–Kier alpha value is -2.10. The van der Waals surface area contributed by atoms with Crippen LogP contribution >= 0.6 is 27.5 Å². The molecule has 0 heterocycles. The Bertz CT molecular complexity index is 743. The molecule has 1 N–H and O–H groups in total. The maximum atomic E-state index is 10.7. The number of nitrogens with zero attached hydrogens (tertiary/aromatic N) is 2. The van der Waals surface area contributed by atoms with E-state index < -0.39 is 4.92 Å². The number of hydrogen-bond acceptors (Lipinski definition) is 4. The fourth-order valence-corrected chi connectivity index (χ4v) is 2.34. The Kier molecular flexibility index (Phi) is 4.78. The second-order valence-electron chi connectivity index (χ2n) is 4.19. The first kappa shape index (κ1) is 15.3. The highest BCUT2D eigenvalue weighted by Gasteiger charge is 2.11. The zero-order valence-electron chi connectivity index (χ0n) is 10.6. The third-order valence-electron chi connectivity index (χ3n) is 2.81. The molecule has 2 aromatic carbocycles. The molecule has 2 aromatic rings. The van der Waals surface area contributed by atoms with Crippen molar-refractivity contribution >= 4 is 38.9 Å². The van der Waals surface area contributed by atoms with Gasteiger partial charge in [-0.15, -0.1) is 0 Å². The summed E-state index contributed by atoms with van der Waals surface area (Å²) in [5, 5.41) is 23.5. The average molecular weight is 367 g/mol. The Labute approximate surface area is 134 Å². The van der Waals surface area contributed by atoms with Crippen LogP contribution in [0.4, 0.5) is 11.4 Å². The lowest BCUT2D eigenvalue weighted by atomic mass is 10.1. The highest BCUT2D eigenvalue weighted by Crippen LogP contribution is 2.25. The van der Waals surface area contributed by atoms with Crippen LogP contribution in [0.5, 0.6) is 0 Å². The molecular formula is C14H9BrClN3O2. The van der Waals surface area contributed by atoms with Crippen LogP contribution in [0.25, 0.3) is 0 Å². The topological polar surface area (TPSA) is 79.0 Å². The van der Waals surface area contributed by atoms with Crippen LogP contribution in [0.15, 0.2) is 40.9 Å². The molecule has 0 unspecified atom stereocenters. The molecule has 0 saturated carbocycles. The van der Waals surface area contributed by atoms with Crippen LogP contribution in [0.3, 0.4) is 0 Å². The predicted octanol–water partition coefficient (Wildman–Crippen LogP) is 4.49. The highest BCUT2D eigenvalue weighted by atomic mass is 79.9. The van der Waals surface area contributed by atoms with Gasteiger partial charge >= 0.3 is 0 Å². The van der Waals surface area contributed by atoms with Crippen LogP contribution in [0.1, 0.15) is 11.1 Å². The summed E-state index contributed by atoms with van der Waals surface area (Å²) >= 11 is 9.35. The quantitative estimate of drug-likeness (QED) is 0.638. The van der Waals surface area contributed by atoms with Gasteiger partial charge in [0.05, 0.1) is 16.2 Å². The van der Waals surface area contributed by atoms with Crippen LogP contribution in [0, 0.1) is 21.4 Å². The highest BCUT2D eigenvalue weighted by molar-refractivity contribution is 9.10. The van der Waals surface area contributed by atoms with Crippen molar-refractivity contribution in [2.45, 2.75) is 6.54 Å². The smallest absolute Gasteiger partial charge is 0.270 e. The number of nitro groups is 1. The van der Waals surface area contributed by atoms with Gasteiger partial charge in [-0.05, 0) is 29.8 Å². The fourth-order valence-electron chi connectivity index (χ4n) is 1.76. The molecule has 0 aliphatic rings. The molecule has 2 rings (SSSR count). The molecule has 0 bridgehead atoms. The number of hydrogen-bond donors (Lipinski definition) is 1. The van der Waals surface area contributed by atoms with E-state index in [0.717, 1.165) is 10.0 Å². The number of nitro benzene ring substituents is 1. The molecule has 21 heavy (non-hydrogen) atoms. The summed E-state index contributed by atoms with van der Waals surface area (Å²) in [5.74, 6) is 0. The van der Waals surface area contributed by atoms with Gasteiger partial charge in [-0.2, -0.15) is 5.26 Å². The summed E-state index contributed by atoms with van der Waals surface area (Å²) in [6.45, 7) is 0.438. The first-order valence-electron chi connectivity index (χ1n) is 5.87. The molecule has 0 fully saturated rings. The fraction of sp³-hybridized carbons (Fsp3) is 0.0714. The molecule has 0 amide bonds. The van der Waals surface area contributed by atoms with E-state index in [1.807, 2.05) is 12.1 Å². The zero-order valence-corrected chi connectivity index (χ0v) is 13.0. The van der Waals surface area contributed by atoms with E-state index in [4.69, 9.17) is 16.9 Å². The molecule has 0 aliphatic carbocycles. The van der Waals surface area contributed by atoms with E-state index in [-0.39, 0.29) is 11.3 Å². The number of nitriles is 1. The summed E-state index contributed by atoms with van der Waals surface area (Å²) in [6, 6.07) is 11.5. The molecule has 7 heteroatoms. The van der Waals surface area contributed by atoms with Gasteiger partial charge in [0, 0.05) is 28.2 Å². The second kappa shape index (κ2) is 6.57. The van der Waals surface area contributed by atoms with Gasteiger partial charge in [-0.1, -0.05) is 27.5 Å². The number of benzene rings is 2. The van der Waals surface area contributed by atoms with Gasteiger partial charge in [0.15, 0.2) is 0 Å². The maximum Gasteiger partial charge on any atom is 0.270 e. The molecule has 0 aliphatic heterocycles. The van der Waals surface area contributed by atoms with Gasteiger partial charge in [0.2, 0.25) is 0 Å². The van der Waals surface area contributed by atoms with Gasteiger partial charge < -0.3 is 5.32 Å². The van der Waals surface area contributed by atoms with E-state index in [2.05, 4.69) is 21.2 Å². The SMILES string of the molecule is N#Cc1cc([N+](=O)[O-])ccc1NCc1cc(Cl)ccc1Br. The number of rotatable bonds is 4. The Morgan fingerprint density at radius 3 is 2.76 bits per heavy atom. The number of anilines is 1. The van der Waals surface area contributed by atoms with Crippen LogP contribution in [-0.2, 0) is 6.54 Å². The zero-order chi connectivity index (χ0) is 15.4. The van der Waals surface area contributed by atoms with Crippen molar-refractivity contribution in [1.82, 2.24) is 0 Å². The Morgan fingerprint density at radius 1 is 1.33 bits per heavy atom. The number of halogens is 2. The van der Waals surface area contributed by atoms with E-state index >= 15 is 0 Å². The normalized spacial score (nSPS) is 9.95. The molecule has 5 nitrogen and oxygen atoms in total. The van der Waals surface area contributed by atoms with Crippen molar-refractivity contribution < 1.29 is 4.92 Å². The van der Waals surface area contributed by atoms with E-state index in [9.17, 15) is 10.1 Å². The molecule has 0 radical (unpaired) electrons. The molecule has 0 atom stereocenters. The second-order valence-corrected chi connectivity index (χ2v) is 5.48. The minimum atomic E-state index is -0.530. The molecule has 0 saturated heterocycles. The monoisotopic (exact) mass is 365 g/mol. The third-order valence-corrected chi connectivity index (χ3v) is 3.82. The van der Waals surface area contributed by atoms with Crippen molar-refractivity contribution in [2.24, 2.45) is 0 Å². The van der Waals surface area contributed by atoms with Gasteiger partial charge in [0.25, 0.3) is 5.69 Å². The molecule has 0 aromatic heterocycles. The van der Waals surface area contributed by atoms with Crippen molar-refractivity contribution in [1.29, 1.82) is 5.26 Å². The van der Waals surface area contributed by atoms with E-state index in [0.29, 0.717) is 17.3 Å². The Balaban J connectivity index is 2.22. The lowest BCUT2D eigenvalue weighted by Gasteiger charge is -2.10. The summed E-state index contributed by atoms with van der Waals surface area (Å²) in [6.07, 6.45) is 0. The summed E-state index contributed by atoms with van der Waals surface area (Å²) in [5.41, 5.74) is 1.57. The summed E-state index contributed by atoms with van der Waals surface area (Å²) < 4.78 is 0.889. The predicted molar refractivity (Wildman–Crippen MR) is 84.3 cm³/mol. The van der Waals surface area contributed by atoms with Crippen LogP contribution in [-0.4, -0.2) is 4.92 Å². The maximum absolute atomic E-state index is 10.7. The van der Waals surface area contributed by atoms with Crippen LogP contribution < -0.4 is 5.32 Å². The minimum Gasteiger partial charge on any atom is -0.380 e. The molecule has 106 valence electrons. The largest absolute Gasteiger partial charge is 0.380 e. The molecular weight excluding hydrogens is 358 g/mol. The van der Waals surface area contributed by atoms with E-state index in [1.165, 1.54) is 18.2 Å². The molecule has 0 spiro atoms.